The second kappa shape index (κ2) is 7.30. The van der Waals surface area contributed by atoms with Crippen molar-refractivity contribution in [3.63, 3.8) is 0 Å². The molecule has 0 unspecified atom stereocenters. The van der Waals surface area contributed by atoms with E-state index in [1.54, 1.807) is 6.07 Å². The molecule has 1 rings (SSSR count). The van der Waals surface area contributed by atoms with Crippen LogP contribution in [0, 0.1) is 0 Å². The number of carbonyl (C=O) groups is 1. The van der Waals surface area contributed by atoms with Crippen molar-refractivity contribution in [2.24, 2.45) is 5.84 Å². The first-order chi connectivity index (χ1) is 7.77. The fourth-order valence-electron chi connectivity index (χ4n) is 1.32. The van der Waals surface area contributed by atoms with Gasteiger partial charge in [0.05, 0.1) is 0 Å². The van der Waals surface area contributed by atoms with Gasteiger partial charge in [-0.25, -0.2) is 5.84 Å². The van der Waals surface area contributed by atoms with Gasteiger partial charge in [0.2, 0.25) is 0 Å². The van der Waals surface area contributed by atoms with Crippen LogP contribution in [0.1, 0.15) is 35.7 Å². The quantitative estimate of drug-likeness (QED) is 0.346. The van der Waals surface area contributed by atoms with Crippen LogP contribution in [0.25, 0.3) is 0 Å². The Morgan fingerprint density at radius 3 is 3.00 bits per heavy atom. The van der Waals surface area contributed by atoms with E-state index < -0.39 is 0 Å². The van der Waals surface area contributed by atoms with Crippen molar-refractivity contribution < 1.29 is 4.79 Å². The SMILES string of the molecule is CCCCSCc1cccc(C(=O)NN)c1. The van der Waals surface area contributed by atoms with Crippen LogP contribution in [0.3, 0.4) is 0 Å². The Labute approximate surface area is 101 Å². The molecule has 1 aromatic rings. The normalized spacial score (nSPS) is 10.1. The Balaban J connectivity index is 2.50. The highest BCUT2D eigenvalue weighted by Gasteiger charge is 2.03. The van der Waals surface area contributed by atoms with Crippen LogP contribution in [0.4, 0.5) is 0 Å². The van der Waals surface area contributed by atoms with E-state index >= 15 is 0 Å². The molecule has 3 N–H and O–H groups in total. The molecule has 1 amide bonds. The first-order valence-corrected chi connectivity index (χ1v) is 6.61. The molecule has 1 aromatic carbocycles. The number of unbranched alkanes of at least 4 members (excludes halogenated alkanes) is 1. The highest BCUT2D eigenvalue weighted by Crippen LogP contribution is 2.15. The summed E-state index contributed by atoms with van der Waals surface area (Å²) in [5, 5.41) is 0. The number of benzene rings is 1. The lowest BCUT2D eigenvalue weighted by Gasteiger charge is -2.04. The molecule has 0 atom stereocenters. The van der Waals surface area contributed by atoms with Gasteiger partial charge in [0.1, 0.15) is 0 Å². The lowest BCUT2D eigenvalue weighted by molar-refractivity contribution is 0.0953. The number of nitrogens with two attached hydrogens (primary N) is 1. The molecular weight excluding hydrogens is 220 g/mol. The van der Waals surface area contributed by atoms with E-state index in [9.17, 15) is 4.79 Å². The van der Waals surface area contributed by atoms with Crippen LogP contribution in [-0.4, -0.2) is 11.7 Å². The summed E-state index contributed by atoms with van der Waals surface area (Å²) in [5.74, 6) is 6.97. The molecule has 0 heterocycles. The summed E-state index contributed by atoms with van der Waals surface area (Å²) in [7, 11) is 0. The summed E-state index contributed by atoms with van der Waals surface area (Å²) >= 11 is 1.90. The largest absolute Gasteiger partial charge is 0.290 e. The number of rotatable bonds is 6. The number of amides is 1. The fraction of sp³-hybridized carbons (Fsp3) is 0.417. The Kier molecular flexibility index (Phi) is 5.96. The van der Waals surface area contributed by atoms with E-state index in [1.165, 1.54) is 24.2 Å². The third kappa shape index (κ3) is 4.24. The third-order valence-electron chi connectivity index (χ3n) is 2.23. The van der Waals surface area contributed by atoms with Crippen LogP contribution in [0.5, 0.6) is 0 Å². The van der Waals surface area contributed by atoms with E-state index in [0.717, 1.165) is 5.75 Å². The summed E-state index contributed by atoms with van der Waals surface area (Å²) in [4.78, 5) is 11.3. The molecule has 0 aromatic heterocycles. The molecule has 0 spiro atoms. The van der Waals surface area contributed by atoms with Crippen molar-refractivity contribution in [2.45, 2.75) is 25.5 Å². The molecule has 0 aliphatic heterocycles. The van der Waals surface area contributed by atoms with E-state index in [1.807, 2.05) is 30.0 Å². The Morgan fingerprint density at radius 2 is 2.31 bits per heavy atom. The zero-order chi connectivity index (χ0) is 11.8. The Bertz CT molecular complexity index is 342. The van der Waals surface area contributed by atoms with E-state index in [0.29, 0.717) is 5.56 Å². The average Bonchev–Trinajstić information content (AvgIpc) is 2.34. The molecule has 0 saturated heterocycles. The van der Waals surface area contributed by atoms with Gasteiger partial charge in [-0.1, -0.05) is 25.5 Å². The summed E-state index contributed by atoms with van der Waals surface area (Å²) in [6.45, 7) is 2.19. The van der Waals surface area contributed by atoms with Gasteiger partial charge in [0.15, 0.2) is 0 Å². The maximum atomic E-state index is 11.3. The number of nitrogens with one attached hydrogen (secondary N) is 1. The molecular formula is C12H18N2OS. The molecule has 0 aliphatic carbocycles. The summed E-state index contributed by atoms with van der Waals surface area (Å²) in [6, 6.07) is 7.58. The minimum absolute atomic E-state index is 0.236. The van der Waals surface area contributed by atoms with Crippen LogP contribution in [0.15, 0.2) is 24.3 Å². The molecule has 3 nitrogen and oxygen atoms in total. The van der Waals surface area contributed by atoms with Crippen LogP contribution < -0.4 is 11.3 Å². The number of hydrogen-bond acceptors (Lipinski definition) is 3. The summed E-state index contributed by atoms with van der Waals surface area (Å²) in [5.41, 5.74) is 3.93. The summed E-state index contributed by atoms with van der Waals surface area (Å²) in [6.07, 6.45) is 2.47. The highest BCUT2D eigenvalue weighted by atomic mass is 32.2. The van der Waals surface area contributed by atoms with Gasteiger partial charge in [-0.2, -0.15) is 11.8 Å². The molecule has 0 saturated carbocycles. The first-order valence-electron chi connectivity index (χ1n) is 5.45. The Morgan fingerprint density at radius 1 is 1.50 bits per heavy atom. The number of carbonyl (C=O) groups excluding carboxylic acids is 1. The molecule has 16 heavy (non-hydrogen) atoms. The van der Waals surface area contributed by atoms with Crippen molar-refractivity contribution in [2.75, 3.05) is 5.75 Å². The van der Waals surface area contributed by atoms with Crippen LogP contribution >= 0.6 is 11.8 Å². The van der Waals surface area contributed by atoms with Gasteiger partial charge in [0.25, 0.3) is 5.91 Å². The lowest BCUT2D eigenvalue weighted by Crippen LogP contribution is -2.29. The molecule has 0 radical (unpaired) electrons. The van der Waals surface area contributed by atoms with Crippen LogP contribution in [0.2, 0.25) is 0 Å². The standard InChI is InChI=1S/C12H18N2OS/c1-2-3-7-16-9-10-5-4-6-11(8-10)12(15)14-13/h4-6,8H,2-3,7,9,13H2,1H3,(H,14,15). The maximum absolute atomic E-state index is 11.3. The van der Waals surface area contributed by atoms with Crippen LogP contribution in [-0.2, 0) is 5.75 Å². The van der Waals surface area contributed by atoms with Gasteiger partial charge in [-0.05, 0) is 29.9 Å². The van der Waals surface area contributed by atoms with Gasteiger partial charge in [-0.3, -0.25) is 10.2 Å². The van der Waals surface area contributed by atoms with Crippen molar-refractivity contribution in [3.8, 4) is 0 Å². The molecule has 0 aliphatic rings. The number of nitrogen functional groups attached to an aromatic ring is 1. The fourth-order valence-corrected chi connectivity index (χ4v) is 2.37. The van der Waals surface area contributed by atoms with Gasteiger partial charge in [-0.15, -0.1) is 0 Å². The van der Waals surface area contributed by atoms with Crippen molar-refractivity contribution >= 4 is 17.7 Å². The predicted molar refractivity (Wildman–Crippen MR) is 69.2 cm³/mol. The maximum Gasteiger partial charge on any atom is 0.265 e. The molecule has 0 fully saturated rings. The second-order valence-corrected chi connectivity index (χ2v) is 4.69. The zero-order valence-electron chi connectivity index (χ0n) is 9.53. The monoisotopic (exact) mass is 238 g/mol. The topological polar surface area (TPSA) is 55.1 Å². The van der Waals surface area contributed by atoms with Gasteiger partial charge >= 0.3 is 0 Å². The molecule has 0 bridgehead atoms. The minimum atomic E-state index is -0.236. The average molecular weight is 238 g/mol. The predicted octanol–water partition coefficient (Wildman–Crippen LogP) is 2.32. The summed E-state index contributed by atoms with van der Waals surface area (Å²) < 4.78 is 0. The zero-order valence-corrected chi connectivity index (χ0v) is 10.3. The number of hydrogen-bond donors (Lipinski definition) is 2. The van der Waals surface area contributed by atoms with Crippen molar-refractivity contribution in [1.29, 1.82) is 0 Å². The van der Waals surface area contributed by atoms with Crippen molar-refractivity contribution in [3.05, 3.63) is 35.4 Å². The minimum Gasteiger partial charge on any atom is -0.290 e. The molecule has 88 valence electrons. The van der Waals surface area contributed by atoms with Gasteiger partial charge in [0, 0.05) is 11.3 Å². The lowest BCUT2D eigenvalue weighted by atomic mass is 10.1. The second-order valence-electron chi connectivity index (χ2n) is 3.58. The highest BCUT2D eigenvalue weighted by molar-refractivity contribution is 7.98. The first kappa shape index (κ1) is 13.1. The van der Waals surface area contributed by atoms with E-state index in [2.05, 4.69) is 12.3 Å². The number of thioether (sulfide) groups is 1. The molecule has 4 heteroatoms. The van der Waals surface area contributed by atoms with E-state index in [-0.39, 0.29) is 5.91 Å². The van der Waals surface area contributed by atoms with Crippen molar-refractivity contribution in [1.82, 2.24) is 5.43 Å². The Hall–Kier alpha value is -1.00. The van der Waals surface area contributed by atoms with Gasteiger partial charge < -0.3 is 0 Å². The van der Waals surface area contributed by atoms with E-state index in [4.69, 9.17) is 5.84 Å². The smallest absolute Gasteiger partial charge is 0.265 e. The number of hydrazine groups is 1. The third-order valence-corrected chi connectivity index (χ3v) is 3.35.